The van der Waals surface area contributed by atoms with Gasteiger partial charge in [0.2, 0.25) is 0 Å². The van der Waals surface area contributed by atoms with Crippen molar-refractivity contribution in [1.29, 1.82) is 5.26 Å². The predicted octanol–water partition coefficient (Wildman–Crippen LogP) is 3.10. The maximum Gasteiger partial charge on any atom is 0.0994 e. The van der Waals surface area contributed by atoms with Crippen molar-refractivity contribution in [2.45, 2.75) is 10.6 Å². The Bertz CT molecular complexity index is 679. The Morgan fingerprint density at radius 2 is 2.00 bits per heavy atom. The molecule has 0 saturated heterocycles. The summed E-state index contributed by atoms with van der Waals surface area (Å²) in [6.45, 7) is 0. The zero-order valence-electron chi connectivity index (χ0n) is 9.97. The lowest BCUT2D eigenvalue weighted by Gasteiger charge is -2.07. The second-order valence-electron chi connectivity index (χ2n) is 3.94. The third kappa shape index (κ3) is 3.14. The molecular formula is C14H11ClN2OS. The van der Waals surface area contributed by atoms with E-state index in [2.05, 4.69) is 6.07 Å². The van der Waals surface area contributed by atoms with Crippen LogP contribution in [0.2, 0.25) is 5.02 Å². The molecule has 1 atom stereocenters. The maximum absolute atomic E-state index is 12.3. The lowest BCUT2D eigenvalue weighted by Crippen LogP contribution is -2.02. The molecule has 2 N–H and O–H groups in total. The van der Waals surface area contributed by atoms with Crippen LogP contribution in [0.4, 0.5) is 5.69 Å². The largest absolute Gasteiger partial charge is 0.398 e. The van der Waals surface area contributed by atoms with Crippen molar-refractivity contribution in [3.8, 4) is 6.07 Å². The second-order valence-corrected chi connectivity index (χ2v) is 5.80. The van der Waals surface area contributed by atoms with Crippen LogP contribution in [0.3, 0.4) is 0 Å². The Labute approximate surface area is 119 Å². The van der Waals surface area contributed by atoms with E-state index in [0.29, 0.717) is 21.2 Å². The SMILES string of the molecule is N#Cc1ccccc1CS(=O)c1ccc(Cl)cc1N. The molecule has 19 heavy (non-hydrogen) atoms. The molecule has 2 rings (SSSR count). The van der Waals surface area contributed by atoms with E-state index >= 15 is 0 Å². The minimum absolute atomic E-state index is 0.259. The summed E-state index contributed by atoms with van der Waals surface area (Å²) in [6.07, 6.45) is 0. The summed E-state index contributed by atoms with van der Waals surface area (Å²) in [5.74, 6) is 0.259. The van der Waals surface area contributed by atoms with E-state index in [9.17, 15) is 4.21 Å². The molecule has 0 fully saturated rings. The summed E-state index contributed by atoms with van der Waals surface area (Å²) in [5.41, 5.74) is 7.49. The second kappa shape index (κ2) is 5.87. The number of halogens is 1. The highest BCUT2D eigenvalue weighted by Gasteiger charge is 2.11. The Kier molecular flexibility index (Phi) is 4.20. The van der Waals surface area contributed by atoms with Gasteiger partial charge in [-0.2, -0.15) is 5.26 Å². The zero-order valence-corrected chi connectivity index (χ0v) is 11.5. The number of hydrogen-bond donors (Lipinski definition) is 1. The topological polar surface area (TPSA) is 66.9 Å². The van der Waals surface area contributed by atoms with E-state index in [-0.39, 0.29) is 5.75 Å². The smallest absolute Gasteiger partial charge is 0.0994 e. The number of rotatable bonds is 3. The molecule has 5 heteroatoms. The maximum atomic E-state index is 12.3. The lowest BCUT2D eigenvalue weighted by atomic mass is 10.1. The number of hydrogen-bond acceptors (Lipinski definition) is 3. The van der Waals surface area contributed by atoms with Gasteiger partial charge in [-0.05, 0) is 29.8 Å². The van der Waals surface area contributed by atoms with Gasteiger partial charge in [-0.3, -0.25) is 4.21 Å². The van der Waals surface area contributed by atoms with Gasteiger partial charge in [-0.1, -0.05) is 29.8 Å². The molecule has 2 aromatic rings. The Morgan fingerprint density at radius 1 is 1.26 bits per heavy atom. The van der Waals surface area contributed by atoms with E-state index < -0.39 is 10.8 Å². The molecule has 0 aromatic heterocycles. The van der Waals surface area contributed by atoms with Gasteiger partial charge in [-0.25, -0.2) is 0 Å². The van der Waals surface area contributed by atoms with Crippen molar-refractivity contribution < 1.29 is 4.21 Å². The molecule has 2 aromatic carbocycles. The fraction of sp³-hybridized carbons (Fsp3) is 0.0714. The molecule has 0 bridgehead atoms. The highest BCUT2D eigenvalue weighted by atomic mass is 35.5. The first kappa shape index (κ1) is 13.6. The number of nitrogens with two attached hydrogens (primary N) is 1. The standard InChI is InChI=1S/C14H11ClN2OS/c15-12-5-6-14(13(17)7-12)19(18)9-11-4-2-1-3-10(11)8-16/h1-7H,9,17H2. The molecule has 0 amide bonds. The molecule has 3 nitrogen and oxygen atoms in total. The minimum Gasteiger partial charge on any atom is -0.398 e. The summed E-state index contributed by atoms with van der Waals surface area (Å²) in [6, 6.07) is 14.1. The third-order valence-electron chi connectivity index (χ3n) is 2.64. The monoisotopic (exact) mass is 290 g/mol. The molecule has 0 spiro atoms. The molecule has 0 heterocycles. The number of nitriles is 1. The summed E-state index contributed by atoms with van der Waals surface area (Å²) in [4.78, 5) is 0.539. The molecule has 1 unspecified atom stereocenters. The molecule has 0 aliphatic carbocycles. The van der Waals surface area contributed by atoms with E-state index in [4.69, 9.17) is 22.6 Å². The quantitative estimate of drug-likeness (QED) is 0.883. The molecule has 96 valence electrons. The first-order valence-electron chi connectivity index (χ1n) is 5.53. The van der Waals surface area contributed by atoms with Gasteiger partial charge < -0.3 is 5.73 Å². The molecule has 0 saturated carbocycles. The lowest BCUT2D eigenvalue weighted by molar-refractivity contribution is 0.683. The average Bonchev–Trinajstić information content (AvgIpc) is 2.39. The van der Waals surface area contributed by atoms with Crippen molar-refractivity contribution in [3.05, 3.63) is 58.6 Å². The fourth-order valence-electron chi connectivity index (χ4n) is 1.70. The Morgan fingerprint density at radius 3 is 2.68 bits per heavy atom. The van der Waals surface area contributed by atoms with Crippen molar-refractivity contribution >= 4 is 28.1 Å². The van der Waals surface area contributed by atoms with Crippen LogP contribution in [-0.2, 0) is 16.6 Å². The Balaban J connectivity index is 2.29. The van der Waals surface area contributed by atoms with Crippen molar-refractivity contribution in [2.75, 3.05) is 5.73 Å². The fourth-order valence-corrected chi connectivity index (χ4v) is 3.11. The van der Waals surface area contributed by atoms with Gasteiger partial charge in [0.15, 0.2) is 0 Å². The molecule has 0 aliphatic rings. The summed E-state index contributed by atoms with van der Waals surface area (Å²) in [7, 11) is -1.30. The van der Waals surface area contributed by atoms with E-state index in [1.54, 1.807) is 36.4 Å². The normalized spacial score (nSPS) is 11.8. The van der Waals surface area contributed by atoms with E-state index in [1.807, 2.05) is 6.07 Å². The van der Waals surface area contributed by atoms with Gasteiger partial charge in [0.1, 0.15) is 0 Å². The number of nitrogens with zero attached hydrogens (tertiary/aromatic N) is 1. The summed E-state index contributed by atoms with van der Waals surface area (Å²) >= 11 is 5.81. The van der Waals surface area contributed by atoms with Gasteiger partial charge >= 0.3 is 0 Å². The summed E-state index contributed by atoms with van der Waals surface area (Å²) < 4.78 is 12.3. The van der Waals surface area contributed by atoms with Crippen LogP contribution in [0, 0.1) is 11.3 Å². The molecule has 0 radical (unpaired) electrons. The first-order chi connectivity index (χ1) is 9.11. The van der Waals surface area contributed by atoms with Crippen molar-refractivity contribution in [3.63, 3.8) is 0 Å². The highest BCUT2D eigenvalue weighted by Crippen LogP contribution is 2.23. The Hall–Kier alpha value is -1.83. The van der Waals surface area contributed by atoms with Crippen LogP contribution in [-0.4, -0.2) is 4.21 Å². The zero-order chi connectivity index (χ0) is 13.8. The van der Waals surface area contributed by atoms with Gasteiger partial charge in [0, 0.05) is 10.7 Å². The van der Waals surface area contributed by atoms with Crippen LogP contribution < -0.4 is 5.73 Å². The van der Waals surface area contributed by atoms with Crippen LogP contribution >= 0.6 is 11.6 Å². The number of nitrogen functional groups attached to an aromatic ring is 1. The van der Waals surface area contributed by atoms with Gasteiger partial charge in [0.25, 0.3) is 0 Å². The van der Waals surface area contributed by atoms with Crippen LogP contribution in [0.1, 0.15) is 11.1 Å². The van der Waals surface area contributed by atoms with Crippen molar-refractivity contribution in [2.24, 2.45) is 0 Å². The van der Waals surface area contributed by atoms with Crippen LogP contribution in [0.25, 0.3) is 0 Å². The van der Waals surface area contributed by atoms with Crippen molar-refractivity contribution in [1.82, 2.24) is 0 Å². The highest BCUT2D eigenvalue weighted by molar-refractivity contribution is 7.84. The van der Waals surface area contributed by atoms with Crippen LogP contribution in [0.5, 0.6) is 0 Å². The molecule has 0 aliphatic heterocycles. The summed E-state index contributed by atoms with van der Waals surface area (Å²) in [5, 5.41) is 9.51. The number of benzene rings is 2. The average molecular weight is 291 g/mol. The van der Waals surface area contributed by atoms with Crippen LogP contribution in [0.15, 0.2) is 47.4 Å². The molecular weight excluding hydrogens is 280 g/mol. The van der Waals surface area contributed by atoms with Gasteiger partial charge in [0.05, 0.1) is 33.1 Å². The predicted molar refractivity (Wildman–Crippen MR) is 77.1 cm³/mol. The first-order valence-corrected chi connectivity index (χ1v) is 7.23. The minimum atomic E-state index is -1.30. The third-order valence-corrected chi connectivity index (χ3v) is 4.31. The number of anilines is 1. The van der Waals surface area contributed by atoms with E-state index in [1.165, 1.54) is 0 Å². The van der Waals surface area contributed by atoms with E-state index in [0.717, 1.165) is 5.56 Å². The van der Waals surface area contributed by atoms with Gasteiger partial charge in [-0.15, -0.1) is 0 Å².